The second-order valence-corrected chi connectivity index (χ2v) is 6.41. The maximum absolute atomic E-state index is 11.5. The molecule has 6 heteroatoms. The molecule has 2 heterocycles. The van der Waals surface area contributed by atoms with Crippen LogP contribution < -0.4 is 0 Å². The third kappa shape index (κ3) is 3.80. The van der Waals surface area contributed by atoms with Crippen molar-refractivity contribution in [1.29, 1.82) is 5.26 Å². The number of nitrogens with zero attached hydrogens (tertiary/aromatic N) is 3. The average molecular weight is 383 g/mol. The number of imidazole rings is 1. The second kappa shape index (κ2) is 7.87. The number of hydrogen-bond donors (Lipinski definition) is 0. The summed E-state index contributed by atoms with van der Waals surface area (Å²) in [6.45, 7) is 0.404. The van der Waals surface area contributed by atoms with E-state index in [-0.39, 0.29) is 5.97 Å². The molecule has 6 nitrogen and oxygen atoms in total. The van der Waals surface area contributed by atoms with E-state index in [0.29, 0.717) is 29.2 Å². The lowest BCUT2D eigenvalue weighted by Gasteiger charge is -2.02. The number of nitriles is 1. The number of fused-ring (bicyclic) bond motifs is 1. The standard InChI is InChI=1S/C23H17N3O3/c1-28-23(27)18-8-6-17(7-9-18)22-11-10-19(29-22)12-16(13-24)14-26-15-25-20-4-2-3-5-21(20)26/h2-12,15H,14H2,1H3/b16-12-. The minimum atomic E-state index is -0.384. The van der Waals surface area contributed by atoms with Crippen molar-refractivity contribution in [2.45, 2.75) is 6.54 Å². The zero-order valence-corrected chi connectivity index (χ0v) is 15.7. The number of rotatable bonds is 5. The summed E-state index contributed by atoms with van der Waals surface area (Å²) in [5.41, 5.74) is 3.72. The summed E-state index contributed by atoms with van der Waals surface area (Å²) in [5, 5.41) is 9.55. The van der Waals surface area contributed by atoms with E-state index in [1.54, 1.807) is 36.7 Å². The first kappa shape index (κ1) is 18.3. The Labute approximate surface area is 167 Å². The highest BCUT2D eigenvalue weighted by Crippen LogP contribution is 2.24. The third-order valence-corrected chi connectivity index (χ3v) is 4.55. The minimum absolute atomic E-state index is 0.384. The Morgan fingerprint density at radius 3 is 2.72 bits per heavy atom. The van der Waals surface area contributed by atoms with Crippen molar-refractivity contribution in [3.05, 3.63) is 83.9 Å². The molecule has 142 valence electrons. The zero-order valence-electron chi connectivity index (χ0n) is 15.7. The molecule has 0 bridgehead atoms. The molecule has 0 amide bonds. The van der Waals surface area contributed by atoms with E-state index in [2.05, 4.69) is 11.1 Å². The van der Waals surface area contributed by atoms with Gasteiger partial charge in [-0.3, -0.25) is 0 Å². The van der Waals surface area contributed by atoms with Crippen molar-refractivity contribution < 1.29 is 13.9 Å². The Morgan fingerprint density at radius 2 is 1.97 bits per heavy atom. The van der Waals surface area contributed by atoms with Gasteiger partial charge in [0.15, 0.2) is 0 Å². The molecular weight excluding hydrogens is 366 g/mol. The minimum Gasteiger partial charge on any atom is -0.465 e. The van der Waals surface area contributed by atoms with Crippen molar-refractivity contribution in [3.63, 3.8) is 0 Å². The van der Waals surface area contributed by atoms with E-state index in [1.807, 2.05) is 41.0 Å². The van der Waals surface area contributed by atoms with Crippen LogP contribution in [0.3, 0.4) is 0 Å². The van der Waals surface area contributed by atoms with Crippen LogP contribution in [0.25, 0.3) is 28.4 Å². The number of esters is 1. The van der Waals surface area contributed by atoms with E-state index < -0.39 is 0 Å². The summed E-state index contributed by atoms with van der Waals surface area (Å²) in [5.74, 6) is 0.848. The number of carbonyl (C=O) groups is 1. The van der Waals surface area contributed by atoms with Gasteiger partial charge in [-0.05, 0) is 42.5 Å². The average Bonchev–Trinajstić information content (AvgIpc) is 3.40. The smallest absolute Gasteiger partial charge is 0.337 e. The summed E-state index contributed by atoms with van der Waals surface area (Å²) in [7, 11) is 1.35. The predicted octanol–water partition coefficient (Wildman–Crippen LogP) is 4.69. The molecule has 2 aromatic heterocycles. The molecule has 0 unspecified atom stereocenters. The number of benzene rings is 2. The van der Waals surface area contributed by atoms with Crippen LogP contribution in [0.4, 0.5) is 0 Å². The Balaban J connectivity index is 1.55. The fourth-order valence-electron chi connectivity index (χ4n) is 3.08. The van der Waals surface area contributed by atoms with E-state index in [9.17, 15) is 10.1 Å². The Kier molecular flexibility index (Phi) is 4.95. The fraction of sp³-hybridized carbons (Fsp3) is 0.0870. The van der Waals surface area contributed by atoms with Crippen LogP contribution in [0.2, 0.25) is 0 Å². The van der Waals surface area contributed by atoms with Gasteiger partial charge in [-0.15, -0.1) is 0 Å². The largest absolute Gasteiger partial charge is 0.465 e. The van der Waals surface area contributed by atoms with Crippen LogP contribution in [-0.4, -0.2) is 22.6 Å². The van der Waals surface area contributed by atoms with Gasteiger partial charge >= 0.3 is 5.97 Å². The maximum Gasteiger partial charge on any atom is 0.337 e. The monoisotopic (exact) mass is 383 g/mol. The van der Waals surface area contributed by atoms with Crippen LogP contribution >= 0.6 is 0 Å². The molecule has 0 aliphatic carbocycles. The van der Waals surface area contributed by atoms with Gasteiger partial charge in [0, 0.05) is 5.56 Å². The molecule has 0 aliphatic heterocycles. The van der Waals surface area contributed by atoms with Gasteiger partial charge in [0.1, 0.15) is 11.5 Å². The molecule has 0 radical (unpaired) electrons. The topological polar surface area (TPSA) is 81.0 Å². The van der Waals surface area contributed by atoms with Crippen molar-refractivity contribution in [2.24, 2.45) is 0 Å². The summed E-state index contributed by atoms with van der Waals surface area (Å²) in [6, 6.07) is 20.6. The van der Waals surface area contributed by atoms with E-state index in [1.165, 1.54) is 7.11 Å². The summed E-state index contributed by atoms with van der Waals surface area (Å²) in [4.78, 5) is 15.9. The highest BCUT2D eigenvalue weighted by Gasteiger charge is 2.09. The molecule has 4 aromatic rings. The summed E-state index contributed by atoms with van der Waals surface area (Å²) >= 11 is 0. The fourth-order valence-corrected chi connectivity index (χ4v) is 3.08. The molecule has 0 N–H and O–H groups in total. The number of methoxy groups -OCH3 is 1. The highest BCUT2D eigenvalue weighted by molar-refractivity contribution is 5.89. The van der Waals surface area contributed by atoms with Crippen LogP contribution in [0, 0.1) is 11.3 Å². The molecule has 4 rings (SSSR count). The Bertz CT molecular complexity index is 1240. The molecule has 29 heavy (non-hydrogen) atoms. The number of furan rings is 1. The lowest BCUT2D eigenvalue weighted by Crippen LogP contribution is -2.00. The number of ether oxygens (including phenoxy) is 1. The quantitative estimate of drug-likeness (QED) is 0.369. The molecule has 0 fully saturated rings. The van der Waals surface area contributed by atoms with Crippen molar-refractivity contribution in [3.8, 4) is 17.4 Å². The SMILES string of the molecule is COC(=O)c1ccc(-c2ccc(/C=C(/C#N)Cn3cnc4ccccc43)o2)cc1. The Hall–Kier alpha value is -4.11. The number of allylic oxidation sites excluding steroid dienone is 1. The van der Waals surface area contributed by atoms with Crippen molar-refractivity contribution in [1.82, 2.24) is 9.55 Å². The summed E-state index contributed by atoms with van der Waals surface area (Å²) in [6.07, 6.45) is 3.45. The number of hydrogen-bond acceptors (Lipinski definition) is 5. The second-order valence-electron chi connectivity index (χ2n) is 6.41. The van der Waals surface area contributed by atoms with E-state index >= 15 is 0 Å². The van der Waals surface area contributed by atoms with E-state index in [4.69, 9.17) is 9.15 Å². The lowest BCUT2D eigenvalue weighted by molar-refractivity contribution is 0.0600. The Morgan fingerprint density at radius 1 is 1.17 bits per heavy atom. The first-order valence-electron chi connectivity index (χ1n) is 8.97. The van der Waals surface area contributed by atoms with Gasteiger partial charge in [0.2, 0.25) is 0 Å². The van der Waals surface area contributed by atoms with Gasteiger partial charge in [0.05, 0.1) is 48.2 Å². The number of carbonyl (C=O) groups excluding carboxylic acids is 1. The number of aromatic nitrogens is 2. The molecule has 0 saturated carbocycles. The first-order valence-corrected chi connectivity index (χ1v) is 8.97. The molecule has 0 saturated heterocycles. The zero-order chi connectivity index (χ0) is 20.2. The van der Waals surface area contributed by atoms with Gasteiger partial charge in [-0.1, -0.05) is 24.3 Å². The van der Waals surface area contributed by atoms with Crippen LogP contribution in [0.5, 0.6) is 0 Å². The van der Waals surface area contributed by atoms with Gasteiger partial charge in [0.25, 0.3) is 0 Å². The normalized spacial score (nSPS) is 11.4. The third-order valence-electron chi connectivity index (χ3n) is 4.55. The molecule has 0 spiro atoms. The molecule has 2 aromatic carbocycles. The molecule has 0 atom stereocenters. The first-order chi connectivity index (χ1) is 14.2. The van der Waals surface area contributed by atoms with Crippen molar-refractivity contribution in [2.75, 3.05) is 7.11 Å². The van der Waals surface area contributed by atoms with Crippen molar-refractivity contribution >= 4 is 23.1 Å². The predicted molar refractivity (Wildman–Crippen MR) is 109 cm³/mol. The lowest BCUT2D eigenvalue weighted by atomic mass is 10.1. The van der Waals surface area contributed by atoms with Gasteiger partial charge in [-0.25, -0.2) is 9.78 Å². The van der Waals surface area contributed by atoms with E-state index in [0.717, 1.165) is 16.6 Å². The molecular formula is C23H17N3O3. The summed E-state index contributed by atoms with van der Waals surface area (Å²) < 4.78 is 12.5. The maximum atomic E-state index is 11.5. The van der Waals surface area contributed by atoms with Crippen LogP contribution in [0.15, 0.2) is 77.0 Å². The van der Waals surface area contributed by atoms with Gasteiger partial charge < -0.3 is 13.7 Å². The molecule has 0 aliphatic rings. The van der Waals surface area contributed by atoms with Crippen LogP contribution in [0.1, 0.15) is 16.1 Å². The van der Waals surface area contributed by atoms with Crippen LogP contribution in [-0.2, 0) is 11.3 Å². The number of para-hydroxylation sites is 2. The highest BCUT2D eigenvalue weighted by atomic mass is 16.5. The van der Waals surface area contributed by atoms with Gasteiger partial charge in [-0.2, -0.15) is 5.26 Å².